The zero-order chi connectivity index (χ0) is 9.52. The van der Waals surface area contributed by atoms with Gasteiger partial charge in [-0.25, -0.2) is 0 Å². The standard InChI is InChI=1S/C12H17N/c1-3-5-11-13(4-2)12-9-7-6-8-10-12/h3,5-10H,4,11H2,1-2H3/b5-3+. The second-order valence-electron chi connectivity index (χ2n) is 2.94. The molecule has 1 aromatic carbocycles. The summed E-state index contributed by atoms with van der Waals surface area (Å²) in [7, 11) is 0. The van der Waals surface area contributed by atoms with Gasteiger partial charge in [-0.05, 0) is 26.0 Å². The van der Waals surface area contributed by atoms with Gasteiger partial charge in [0.25, 0.3) is 0 Å². The van der Waals surface area contributed by atoms with Crippen LogP contribution in [-0.2, 0) is 0 Å². The third-order valence-electron chi connectivity index (χ3n) is 2.06. The molecule has 0 heterocycles. The third-order valence-corrected chi connectivity index (χ3v) is 2.06. The molecule has 0 bridgehead atoms. The van der Waals surface area contributed by atoms with E-state index in [2.05, 4.69) is 55.2 Å². The molecule has 0 N–H and O–H groups in total. The number of hydrogen-bond donors (Lipinski definition) is 0. The van der Waals surface area contributed by atoms with Gasteiger partial charge in [-0.2, -0.15) is 0 Å². The molecule has 1 aromatic rings. The molecule has 0 aliphatic heterocycles. The SMILES string of the molecule is C/C=C/CN(CC)c1ccccc1. The quantitative estimate of drug-likeness (QED) is 0.636. The Morgan fingerprint density at radius 3 is 2.46 bits per heavy atom. The average Bonchev–Trinajstić information content (AvgIpc) is 2.21. The van der Waals surface area contributed by atoms with E-state index >= 15 is 0 Å². The first-order valence-corrected chi connectivity index (χ1v) is 4.79. The summed E-state index contributed by atoms with van der Waals surface area (Å²) in [6.07, 6.45) is 4.27. The van der Waals surface area contributed by atoms with Crippen molar-refractivity contribution in [2.45, 2.75) is 13.8 Å². The van der Waals surface area contributed by atoms with E-state index in [1.54, 1.807) is 0 Å². The summed E-state index contributed by atoms with van der Waals surface area (Å²) in [4.78, 5) is 2.33. The number of para-hydroxylation sites is 1. The van der Waals surface area contributed by atoms with Crippen molar-refractivity contribution in [3.8, 4) is 0 Å². The van der Waals surface area contributed by atoms with Gasteiger partial charge in [-0.15, -0.1) is 0 Å². The molecule has 1 nitrogen and oxygen atoms in total. The van der Waals surface area contributed by atoms with Crippen LogP contribution in [0.4, 0.5) is 5.69 Å². The van der Waals surface area contributed by atoms with Crippen LogP contribution in [0.25, 0.3) is 0 Å². The van der Waals surface area contributed by atoms with Crippen LogP contribution in [-0.4, -0.2) is 13.1 Å². The number of allylic oxidation sites excluding steroid dienone is 1. The van der Waals surface area contributed by atoms with Gasteiger partial charge >= 0.3 is 0 Å². The zero-order valence-electron chi connectivity index (χ0n) is 8.40. The van der Waals surface area contributed by atoms with Crippen molar-refractivity contribution in [2.75, 3.05) is 18.0 Å². The number of likely N-dealkylation sites (N-methyl/N-ethyl adjacent to an activating group) is 1. The fraction of sp³-hybridized carbons (Fsp3) is 0.333. The molecule has 1 heteroatoms. The van der Waals surface area contributed by atoms with E-state index < -0.39 is 0 Å². The minimum atomic E-state index is 0.997. The van der Waals surface area contributed by atoms with Crippen LogP contribution >= 0.6 is 0 Å². The van der Waals surface area contributed by atoms with Crippen LogP contribution in [0.1, 0.15) is 13.8 Å². The van der Waals surface area contributed by atoms with Gasteiger partial charge in [-0.3, -0.25) is 0 Å². The zero-order valence-corrected chi connectivity index (χ0v) is 8.40. The molecule has 0 radical (unpaired) electrons. The van der Waals surface area contributed by atoms with Crippen molar-refractivity contribution in [3.63, 3.8) is 0 Å². The van der Waals surface area contributed by atoms with Gasteiger partial charge in [0, 0.05) is 18.8 Å². The highest BCUT2D eigenvalue weighted by atomic mass is 15.1. The van der Waals surface area contributed by atoms with Gasteiger partial charge < -0.3 is 4.90 Å². The molecule has 0 unspecified atom stereocenters. The topological polar surface area (TPSA) is 3.24 Å². The second-order valence-corrected chi connectivity index (χ2v) is 2.94. The smallest absolute Gasteiger partial charge is 0.0368 e. The Labute approximate surface area is 80.7 Å². The molecular formula is C12H17N. The molecule has 0 fully saturated rings. The Balaban J connectivity index is 2.67. The predicted octanol–water partition coefficient (Wildman–Crippen LogP) is 3.09. The minimum absolute atomic E-state index is 0.997. The Kier molecular flexibility index (Phi) is 4.10. The van der Waals surface area contributed by atoms with Crippen molar-refractivity contribution < 1.29 is 0 Å². The van der Waals surface area contributed by atoms with Gasteiger partial charge in [0.15, 0.2) is 0 Å². The van der Waals surface area contributed by atoms with Crippen LogP contribution in [0.3, 0.4) is 0 Å². The Bertz CT molecular complexity index is 251. The first-order valence-electron chi connectivity index (χ1n) is 4.79. The van der Waals surface area contributed by atoms with Crippen molar-refractivity contribution in [1.29, 1.82) is 0 Å². The monoisotopic (exact) mass is 175 g/mol. The van der Waals surface area contributed by atoms with Crippen LogP contribution < -0.4 is 4.90 Å². The van der Waals surface area contributed by atoms with Crippen LogP contribution in [0.2, 0.25) is 0 Å². The lowest BCUT2D eigenvalue weighted by Crippen LogP contribution is -2.22. The Hall–Kier alpha value is -1.24. The van der Waals surface area contributed by atoms with Gasteiger partial charge in [0.1, 0.15) is 0 Å². The maximum atomic E-state index is 2.33. The highest BCUT2D eigenvalue weighted by molar-refractivity contribution is 5.46. The maximum Gasteiger partial charge on any atom is 0.0368 e. The summed E-state index contributed by atoms with van der Waals surface area (Å²) in [6, 6.07) is 10.5. The Morgan fingerprint density at radius 1 is 1.23 bits per heavy atom. The average molecular weight is 175 g/mol. The lowest BCUT2D eigenvalue weighted by Gasteiger charge is -2.20. The molecular weight excluding hydrogens is 158 g/mol. The largest absolute Gasteiger partial charge is 0.368 e. The van der Waals surface area contributed by atoms with E-state index in [1.165, 1.54) is 5.69 Å². The Morgan fingerprint density at radius 2 is 1.92 bits per heavy atom. The first-order chi connectivity index (χ1) is 6.38. The van der Waals surface area contributed by atoms with Crippen molar-refractivity contribution in [3.05, 3.63) is 42.5 Å². The number of hydrogen-bond acceptors (Lipinski definition) is 1. The summed E-state index contributed by atoms with van der Waals surface area (Å²) in [5.41, 5.74) is 1.29. The molecule has 1 rings (SSSR count). The molecule has 0 aromatic heterocycles. The fourth-order valence-corrected chi connectivity index (χ4v) is 1.29. The number of benzene rings is 1. The molecule has 13 heavy (non-hydrogen) atoms. The van der Waals surface area contributed by atoms with Crippen LogP contribution in [0.15, 0.2) is 42.5 Å². The highest BCUT2D eigenvalue weighted by Crippen LogP contribution is 2.11. The number of nitrogens with zero attached hydrogens (tertiary/aromatic N) is 1. The summed E-state index contributed by atoms with van der Waals surface area (Å²) >= 11 is 0. The lowest BCUT2D eigenvalue weighted by molar-refractivity contribution is 0.905. The second kappa shape index (κ2) is 5.41. The van der Waals surface area contributed by atoms with E-state index in [0.717, 1.165) is 13.1 Å². The van der Waals surface area contributed by atoms with E-state index in [4.69, 9.17) is 0 Å². The van der Waals surface area contributed by atoms with E-state index in [9.17, 15) is 0 Å². The highest BCUT2D eigenvalue weighted by Gasteiger charge is 1.98. The molecule has 0 saturated carbocycles. The van der Waals surface area contributed by atoms with Gasteiger partial charge in [0.05, 0.1) is 0 Å². The van der Waals surface area contributed by atoms with Gasteiger partial charge in [-0.1, -0.05) is 30.4 Å². The van der Waals surface area contributed by atoms with Crippen molar-refractivity contribution in [1.82, 2.24) is 0 Å². The van der Waals surface area contributed by atoms with Crippen LogP contribution in [0, 0.1) is 0 Å². The van der Waals surface area contributed by atoms with Crippen molar-refractivity contribution >= 4 is 5.69 Å². The lowest BCUT2D eigenvalue weighted by atomic mass is 10.3. The first kappa shape index (κ1) is 9.85. The molecule has 0 saturated heterocycles. The molecule has 0 spiro atoms. The number of anilines is 1. The van der Waals surface area contributed by atoms with E-state index in [1.807, 2.05) is 6.07 Å². The maximum absolute atomic E-state index is 2.33. The summed E-state index contributed by atoms with van der Waals surface area (Å²) in [6.45, 7) is 6.28. The van der Waals surface area contributed by atoms with Crippen molar-refractivity contribution in [2.24, 2.45) is 0 Å². The normalized spacial score (nSPS) is 10.6. The summed E-state index contributed by atoms with van der Waals surface area (Å²) in [5.74, 6) is 0. The molecule has 0 atom stereocenters. The molecule has 0 amide bonds. The molecule has 70 valence electrons. The predicted molar refractivity (Wildman–Crippen MR) is 59.1 cm³/mol. The third kappa shape index (κ3) is 2.94. The molecule has 0 aliphatic carbocycles. The molecule has 0 aliphatic rings. The number of rotatable bonds is 4. The van der Waals surface area contributed by atoms with E-state index in [0.29, 0.717) is 0 Å². The minimum Gasteiger partial charge on any atom is -0.368 e. The van der Waals surface area contributed by atoms with E-state index in [-0.39, 0.29) is 0 Å². The summed E-state index contributed by atoms with van der Waals surface area (Å²) < 4.78 is 0. The fourth-order valence-electron chi connectivity index (χ4n) is 1.29. The van der Waals surface area contributed by atoms with Crippen LogP contribution in [0.5, 0.6) is 0 Å². The van der Waals surface area contributed by atoms with Gasteiger partial charge in [0.2, 0.25) is 0 Å². The summed E-state index contributed by atoms with van der Waals surface area (Å²) in [5, 5.41) is 0.